The summed E-state index contributed by atoms with van der Waals surface area (Å²) in [4.78, 5) is 37.9. The van der Waals surface area contributed by atoms with Crippen molar-refractivity contribution in [3.05, 3.63) is 24.7 Å². The maximum Gasteiger partial charge on any atom is 0.229 e. The van der Waals surface area contributed by atoms with E-state index in [1.807, 2.05) is 0 Å². The summed E-state index contributed by atoms with van der Waals surface area (Å²) in [7, 11) is 0. The van der Waals surface area contributed by atoms with Gasteiger partial charge in [0.2, 0.25) is 23.7 Å². The Morgan fingerprint density at radius 3 is 2.15 bits per heavy atom. The number of carbonyl (C=O) groups excluding carboxylic acids is 2. The summed E-state index contributed by atoms with van der Waals surface area (Å²) in [6.07, 6.45) is 4.58. The van der Waals surface area contributed by atoms with Gasteiger partial charge in [0.15, 0.2) is 0 Å². The summed E-state index contributed by atoms with van der Waals surface area (Å²) < 4.78 is 0. The van der Waals surface area contributed by atoms with E-state index in [4.69, 9.17) is 0 Å². The third-order valence-corrected chi connectivity index (χ3v) is 2.18. The van der Waals surface area contributed by atoms with Crippen LogP contribution < -0.4 is 10.6 Å². The highest BCUT2D eigenvalue weighted by atomic mass is 16.2. The SMILES string of the molecule is CC(=O)Nc1ncc(-c2ccnc(NC(C)=O)n2)cn1. The zero-order chi connectivity index (χ0) is 14.5. The number of nitrogens with zero attached hydrogens (tertiary/aromatic N) is 4. The lowest BCUT2D eigenvalue weighted by molar-refractivity contribution is -0.115. The van der Waals surface area contributed by atoms with Gasteiger partial charge in [-0.05, 0) is 6.07 Å². The number of anilines is 2. The fraction of sp³-hybridized carbons (Fsp3) is 0.167. The van der Waals surface area contributed by atoms with E-state index in [1.54, 1.807) is 6.07 Å². The quantitative estimate of drug-likeness (QED) is 0.857. The van der Waals surface area contributed by atoms with Gasteiger partial charge in [-0.2, -0.15) is 0 Å². The molecule has 0 fully saturated rings. The molecule has 0 spiro atoms. The van der Waals surface area contributed by atoms with Gasteiger partial charge in [-0.1, -0.05) is 0 Å². The summed E-state index contributed by atoms with van der Waals surface area (Å²) in [5.41, 5.74) is 1.21. The van der Waals surface area contributed by atoms with Crippen molar-refractivity contribution in [2.75, 3.05) is 10.6 Å². The molecule has 0 saturated carbocycles. The lowest BCUT2D eigenvalue weighted by Crippen LogP contribution is -2.10. The predicted molar refractivity (Wildman–Crippen MR) is 71.7 cm³/mol. The van der Waals surface area contributed by atoms with Crippen LogP contribution in [0.5, 0.6) is 0 Å². The van der Waals surface area contributed by atoms with Gasteiger partial charge in [-0.3, -0.25) is 20.2 Å². The molecule has 2 rings (SSSR count). The maximum atomic E-state index is 11.0. The summed E-state index contributed by atoms with van der Waals surface area (Å²) in [6.45, 7) is 2.75. The number of hydrogen-bond acceptors (Lipinski definition) is 6. The van der Waals surface area contributed by atoms with Crippen molar-refractivity contribution in [1.82, 2.24) is 19.9 Å². The Bertz CT molecular complexity index is 641. The van der Waals surface area contributed by atoms with Crippen LogP contribution >= 0.6 is 0 Å². The highest BCUT2D eigenvalue weighted by Crippen LogP contribution is 2.16. The van der Waals surface area contributed by atoms with Crippen molar-refractivity contribution in [2.45, 2.75) is 13.8 Å². The molecule has 0 aliphatic carbocycles. The number of nitrogens with one attached hydrogen (secondary N) is 2. The highest BCUT2D eigenvalue weighted by Gasteiger charge is 2.05. The van der Waals surface area contributed by atoms with Gasteiger partial charge in [0.1, 0.15) is 0 Å². The molecule has 20 heavy (non-hydrogen) atoms. The van der Waals surface area contributed by atoms with Crippen LogP contribution in [0.25, 0.3) is 11.3 Å². The molecule has 8 heteroatoms. The molecule has 8 nitrogen and oxygen atoms in total. The van der Waals surface area contributed by atoms with E-state index in [1.165, 1.54) is 32.4 Å². The van der Waals surface area contributed by atoms with Gasteiger partial charge in [-0.25, -0.2) is 19.9 Å². The van der Waals surface area contributed by atoms with Crippen molar-refractivity contribution >= 4 is 23.7 Å². The van der Waals surface area contributed by atoms with Crippen molar-refractivity contribution in [1.29, 1.82) is 0 Å². The molecule has 0 aliphatic heterocycles. The Balaban J connectivity index is 2.22. The second-order valence-corrected chi connectivity index (χ2v) is 3.92. The molecule has 0 aromatic carbocycles. The summed E-state index contributed by atoms with van der Waals surface area (Å²) in [5.74, 6) is -0.0644. The first-order valence-corrected chi connectivity index (χ1v) is 5.75. The molecule has 0 aliphatic rings. The fourth-order valence-corrected chi connectivity index (χ4v) is 1.42. The second kappa shape index (κ2) is 5.83. The summed E-state index contributed by atoms with van der Waals surface area (Å²) >= 11 is 0. The molecule has 0 unspecified atom stereocenters. The topological polar surface area (TPSA) is 110 Å². The first-order chi connectivity index (χ1) is 9.54. The minimum atomic E-state index is -0.251. The average molecular weight is 272 g/mol. The van der Waals surface area contributed by atoms with Crippen LogP contribution in [0.4, 0.5) is 11.9 Å². The van der Waals surface area contributed by atoms with Crippen molar-refractivity contribution in [2.24, 2.45) is 0 Å². The summed E-state index contributed by atoms with van der Waals surface area (Å²) in [5, 5.41) is 4.96. The molecule has 2 aromatic rings. The van der Waals surface area contributed by atoms with E-state index in [0.29, 0.717) is 11.3 Å². The Morgan fingerprint density at radius 2 is 1.55 bits per heavy atom. The number of rotatable bonds is 3. The number of hydrogen-bond donors (Lipinski definition) is 2. The van der Waals surface area contributed by atoms with Crippen LogP contribution in [0.3, 0.4) is 0 Å². The second-order valence-electron chi connectivity index (χ2n) is 3.92. The van der Waals surface area contributed by atoms with Crippen molar-refractivity contribution in [3.63, 3.8) is 0 Å². The van der Waals surface area contributed by atoms with E-state index in [9.17, 15) is 9.59 Å². The normalized spacial score (nSPS) is 9.90. The fourth-order valence-electron chi connectivity index (χ4n) is 1.42. The molecule has 2 heterocycles. The molecular formula is C12H12N6O2. The molecular weight excluding hydrogens is 260 g/mol. The van der Waals surface area contributed by atoms with Gasteiger partial charge in [-0.15, -0.1) is 0 Å². The van der Waals surface area contributed by atoms with E-state index in [-0.39, 0.29) is 23.7 Å². The maximum absolute atomic E-state index is 11.0. The lowest BCUT2D eigenvalue weighted by Gasteiger charge is -2.04. The molecule has 2 N–H and O–H groups in total. The van der Waals surface area contributed by atoms with E-state index < -0.39 is 0 Å². The zero-order valence-corrected chi connectivity index (χ0v) is 10.9. The Labute approximate surface area is 114 Å². The zero-order valence-electron chi connectivity index (χ0n) is 10.9. The van der Waals surface area contributed by atoms with Crippen LogP contribution in [0.1, 0.15) is 13.8 Å². The molecule has 0 bridgehead atoms. The Kier molecular flexibility index (Phi) is 3.94. The average Bonchev–Trinajstić information content (AvgIpc) is 2.38. The molecule has 0 atom stereocenters. The number of amides is 2. The number of aromatic nitrogens is 4. The number of carbonyl (C=O) groups is 2. The van der Waals surface area contributed by atoms with Gasteiger partial charge >= 0.3 is 0 Å². The molecule has 0 saturated heterocycles. The first kappa shape index (κ1) is 13.5. The third-order valence-electron chi connectivity index (χ3n) is 2.18. The van der Waals surface area contributed by atoms with Gasteiger partial charge in [0, 0.05) is 38.0 Å². The lowest BCUT2D eigenvalue weighted by atomic mass is 10.2. The monoisotopic (exact) mass is 272 g/mol. The van der Waals surface area contributed by atoms with E-state index in [0.717, 1.165) is 0 Å². The van der Waals surface area contributed by atoms with Crippen LogP contribution in [0.15, 0.2) is 24.7 Å². The standard InChI is InChI=1S/C12H12N6O2/c1-7(19)16-11-14-5-9(6-15-11)10-3-4-13-12(18-10)17-8(2)20/h3-6H,1-2H3,(H,13,17,18,20)(H,14,15,16,19). The Morgan fingerprint density at radius 1 is 0.950 bits per heavy atom. The van der Waals surface area contributed by atoms with Crippen molar-refractivity contribution < 1.29 is 9.59 Å². The minimum Gasteiger partial charge on any atom is -0.295 e. The van der Waals surface area contributed by atoms with E-state index in [2.05, 4.69) is 30.6 Å². The smallest absolute Gasteiger partial charge is 0.229 e. The van der Waals surface area contributed by atoms with E-state index >= 15 is 0 Å². The van der Waals surface area contributed by atoms with Crippen molar-refractivity contribution in [3.8, 4) is 11.3 Å². The molecule has 2 amide bonds. The predicted octanol–water partition coefficient (Wildman–Crippen LogP) is 0.850. The van der Waals surface area contributed by atoms with Gasteiger partial charge < -0.3 is 0 Å². The van der Waals surface area contributed by atoms with Crippen LogP contribution in [-0.4, -0.2) is 31.8 Å². The minimum absolute atomic E-state index is 0.209. The third kappa shape index (κ3) is 3.55. The molecule has 0 radical (unpaired) electrons. The first-order valence-electron chi connectivity index (χ1n) is 5.75. The molecule has 2 aromatic heterocycles. The highest BCUT2D eigenvalue weighted by molar-refractivity contribution is 5.87. The van der Waals surface area contributed by atoms with Gasteiger partial charge in [0.25, 0.3) is 0 Å². The van der Waals surface area contributed by atoms with Crippen LogP contribution in [0.2, 0.25) is 0 Å². The Hall–Kier alpha value is -2.90. The largest absolute Gasteiger partial charge is 0.295 e. The van der Waals surface area contributed by atoms with Crippen LogP contribution in [0, 0.1) is 0 Å². The van der Waals surface area contributed by atoms with Gasteiger partial charge in [0.05, 0.1) is 5.69 Å². The molecule has 102 valence electrons. The van der Waals surface area contributed by atoms with Crippen LogP contribution in [-0.2, 0) is 9.59 Å². The summed E-state index contributed by atoms with van der Waals surface area (Å²) in [6, 6.07) is 1.67.